The molecule has 7 heteroatoms. The molecule has 0 unspecified atom stereocenters. The summed E-state index contributed by atoms with van der Waals surface area (Å²) in [6.45, 7) is 0.422. The second kappa shape index (κ2) is 8.85. The summed E-state index contributed by atoms with van der Waals surface area (Å²) in [7, 11) is 0. The van der Waals surface area contributed by atoms with E-state index in [1.54, 1.807) is 30.3 Å². The largest absolute Gasteiger partial charge is 0.487 e. The van der Waals surface area contributed by atoms with Crippen molar-refractivity contribution in [2.24, 2.45) is 0 Å². The van der Waals surface area contributed by atoms with Crippen molar-refractivity contribution in [2.45, 2.75) is 6.61 Å². The molecule has 1 aliphatic heterocycles. The van der Waals surface area contributed by atoms with Crippen molar-refractivity contribution >= 4 is 55.4 Å². The molecule has 1 aliphatic rings. The van der Waals surface area contributed by atoms with E-state index in [9.17, 15) is 9.59 Å². The maximum Gasteiger partial charge on any atom is 0.282 e. The summed E-state index contributed by atoms with van der Waals surface area (Å²) >= 11 is 7.04. The van der Waals surface area contributed by atoms with Crippen LogP contribution in [0, 0.1) is 0 Å². The third kappa shape index (κ3) is 4.32. The molecule has 0 spiro atoms. The molecule has 0 radical (unpaired) electrons. The first-order valence-corrected chi connectivity index (χ1v) is 10.7. The van der Waals surface area contributed by atoms with Crippen molar-refractivity contribution in [2.75, 3.05) is 5.01 Å². The minimum Gasteiger partial charge on any atom is -0.487 e. The van der Waals surface area contributed by atoms with Gasteiger partial charge in [0, 0.05) is 0 Å². The number of carbonyl (C=O) groups is 2. The molecule has 3 aromatic carbocycles. The first-order chi connectivity index (χ1) is 14.5. The first kappa shape index (κ1) is 20.4. The van der Waals surface area contributed by atoms with Crippen LogP contribution in [-0.4, -0.2) is 11.8 Å². The molecule has 0 aromatic heterocycles. The van der Waals surface area contributed by atoms with Crippen LogP contribution in [-0.2, 0) is 16.2 Å². The number of halogens is 2. The third-order valence-electron chi connectivity index (χ3n) is 4.46. The smallest absolute Gasteiger partial charge is 0.282 e. The number of nitrogens with one attached hydrogen (secondary N) is 1. The molecule has 1 heterocycles. The summed E-state index contributed by atoms with van der Waals surface area (Å²) in [5.74, 6) is -0.197. The van der Waals surface area contributed by atoms with Gasteiger partial charge in [0.2, 0.25) is 0 Å². The summed E-state index contributed by atoms with van der Waals surface area (Å²) < 4.78 is 7.35. The Labute approximate surface area is 190 Å². The number of rotatable bonds is 5. The van der Waals surface area contributed by atoms with Gasteiger partial charge in [0.25, 0.3) is 11.8 Å². The molecule has 1 saturated heterocycles. The highest BCUT2D eigenvalue weighted by molar-refractivity contribution is 9.11. The highest BCUT2D eigenvalue weighted by Gasteiger charge is 2.34. The van der Waals surface area contributed by atoms with Crippen LogP contribution in [0.3, 0.4) is 0 Å². The Balaban J connectivity index is 1.56. The lowest BCUT2D eigenvalue weighted by Gasteiger charge is -2.14. The number of hydrazine groups is 1. The highest BCUT2D eigenvalue weighted by atomic mass is 79.9. The van der Waals surface area contributed by atoms with Crippen molar-refractivity contribution in [3.05, 3.63) is 98.4 Å². The van der Waals surface area contributed by atoms with Gasteiger partial charge in [0.05, 0.1) is 14.6 Å². The molecule has 4 rings (SSSR count). The van der Waals surface area contributed by atoms with Crippen LogP contribution in [0.5, 0.6) is 5.75 Å². The molecule has 0 bridgehead atoms. The predicted molar refractivity (Wildman–Crippen MR) is 123 cm³/mol. The number of nitrogens with zero attached hydrogens (tertiary/aromatic N) is 1. The standard InChI is InChI=1S/C23H16Br2N2O3/c24-19-12-16(13-20(25)21(19)30-14-15-7-3-1-4-8-15)11-18-22(28)26-27(23(18)29)17-9-5-2-6-10-17/h1-13H,14H2,(H,26,28)/b18-11-. The molecule has 0 saturated carbocycles. The Morgan fingerprint density at radius 1 is 0.900 bits per heavy atom. The number of anilines is 1. The lowest BCUT2D eigenvalue weighted by molar-refractivity contribution is -0.117. The molecule has 0 atom stereocenters. The summed E-state index contributed by atoms with van der Waals surface area (Å²) in [6.07, 6.45) is 1.57. The summed E-state index contributed by atoms with van der Waals surface area (Å²) in [4.78, 5) is 25.1. The second-order valence-electron chi connectivity index (χ2n) is 6.56. The van der Waals surface area contributed by atoms with Crippen LogP contribution in [0.4, 0.5) is 5.69 Å². The zero-order chi connectivity index (χ0) is 21.1. The van der Waals surface area contributed by atoms with Gasteiger partial charge in [-0.15, -0.1) is 0 Å². The van der Waals surface area contributed by atoms with E-state index in [4.69, 9.17) is 4.74 Å². The van der Waals surface area contributed by atoms with Crippen LogP contribution in [0.15, 0.2) is 87.3 Å². The number of hydrogen-bond donors (Lipinski definition) is 1. The van der Waals surface area contributed by atoms with Crippen LogP contribution in [0.2, 0.25) is 0 Å². The van der Waals surface area contributed by atoms with Crippen molar-refractivity contribution in [1.82, 2.24) is 5.43 Å². The fourth-order valence-corrected chi connectivity index (χ4v) is 4.46. The summed E-state index contributed by atoms with van der Waals surface area (Å²) in [6, 6.07) is 22.4. The fourth-order valence-electron chi connectivity index (χ4n) is 3.01. The third-order valence-corrected chi connectivity index (χ3v) is 5.64. The molecular weight excluding hydrogens is 512 g/mol. The number of ether oxygens (including phenoxy) is 1. The minimum atomic E-state index is -0.444. The van der Waals surface area contributed by atoms with Crippen LogP contribution in [0.25, 0.3) is 6.08 Å². The van der Waals surface area contributed by atoms with Crippen molar-refractivity contribution in [3.63, 3.8) is 0 Å². The van der Waals surface area contributed by atoms with E-state index < -0.39 is 11.8 Å². The average molecular weight is 528 g/mol. The van der Waals surface area contributed by atoms with Crippen LogP contribution in [0.1, 0.15) is 11.1 Å². The monoisotopic (exact) mass is 526 g/mol. The number of benzene rings is 3. The lowest BCUT2D eigenvalue weighted by Crippen LogP contribution is -2.35. The topological polar surface area (TPSA) is 58.6 Å². The van der Waals surface area contributed by atoms with E-state index in [1.807, 2.05) is 48.5 Å². The molecule has 0 aliphatic carbocycles. The fraction of sp³-hybridized carbons (Fsp3) is 0.0435. The summed E-state index contributed by atoms with van der Waals surface area (Å²) in [5.41, 5.74) is 5.01. The van der Waals surface area contributed by atoms with Crippen LogP contribution >= 0.6 is 31.9 Å². The van der Waals surface area contributed by atoms with Gasteiger partial charge in [-0.1, -0.05) is 48.5 Å². The Hall–Kier alpha value is -2.90. The molecule has 3 aromatic rings. The SMILES string of the molecule is O=C1NN(c2ccccc2)C(=O)/C1=C\c1cc(Br)c(OCc2ccccc2)c(Br)c1. The zero-order valence-corrected chi connectivity index (χ0v) is 18.8. The predicted octanol–water partition coefficient (Wildman–Crippen LogP) is 5.25. The van der Waals surface area contributed by atoms with Crippen molar-refractivity contribution in [3.8, 4) is 5.75 Å². The van der Waals surface area contributed by atoms with Crippen LogP contribution < -0.4 is 15.2 Å². The highest BCUT2D eigenvalue weighted by Crippen LogP contribution is 2.36. The number of amides is 2. The maximum absolute atomic E-state index is 12.7. The van der Waals surface area contributed by atoms with E-state index in [0.29, 0.717) is 32.6 Å². The van der Waals surface area contributed by atoms with Gasteiger partial charge in [-0.3, -0.25) is 15.0 Å². The average Bonchev–Trinajstić information content (AvgIpc) is 3.03. The maximum atomic E-state index is 12.7. The summed E-state index contributed by atoms with van der Waals surface area (Å²) in [5, 5.41) is 1.25. The second-order valence-corrected chi connectivity index (χ2v) is 8.27. The Bertz CT molecular complexity index is 1110. The molecule has 30 heavy (non-hydrogen) atoms. The van der Waals surface area contributed by atoms with Gasteiger partial charge >= 0.3 is 0 Å². The van der Waals surface area contributed by atoms with Gasteiger partial charge in [0.1, 0.15) is 17.9 Å². The lowest BCUT2D eigenvalue weighted by atomic mass is 10.1. The first-order valence-electron chi connectivity index (χ1n) is 9.11. The zero-order valence-electron chi connectivity index (χ0n) is 15.6. The minimum absolute atomic E-state index is 0.0654. The number of hydrogen-bond acceptors (Lipinski definition) is 3. The normalized spacial score (nSPS) is 14.9. The van der Waals surface area contributed by atoms with Gasteiger partial charge in [-0.2, -0.15) is 0 Å². The van der Waals surface area contributed by atoms with E-state index in [-0.39, 0.29) is 5.57 Å². The Morgan fingerprint density at radius 2 is 1.50 bits per heavy atom. The molecule has 2 amide bonds. The molecule has 150 valence electrons. The molecule has 1 N–H and O–H groups in total. The van der Waals surface area contributed by atoms with Crippen molar-refractivity contribution < 1.29 is 14.3 Å². The van der Waals surface area contributed by atoms with Gasteiger partial charge in [-0.05, 0) is 73.3 Å². The number of carbonyl (C=O) groups excluding carboxylic acids is 2. The number of para-hydroxylation sites is 1. The van der Waals surface area contributed by atoms with Gasteiger partial charge < -0.3 is 4.74 Å². The Kier molecular flexibility index (Phi) is 6.01. The molecule has 5 nitrogen and oxygen atoms in total. The van der Waals surface area contributed by atoms with E-state index >= 15 is 0 Å². The van der Waals surface area contributed by atoms with E-state index in [2.05, 4.69) is 37.3 Å². The molecule has 1 fully saturated rings. The van der Waals surface area contributed by atoms with Crippen molar-refractivity contribution in [1.29, 1.82) is 0 Å². The molecular formula is C23H16Br2N2O3. The Morgan fingerprint density at radius 3 is 2.13 bits per heavy atom. The van der Waals surface area contributed by atoms with Gasteiger partial charge in [-0.25, -0.2) is 5.01 Å². The van der Waals surface area contributed by atoms with Gasteiger partial charge in [0.15, 0.2) is 0 Å². The van der Waals surface area contributed by atoms with E-state index in [0.717, 1.165) is 5.56 Å². The van der Waals surface area contributed by atoms with E-state index in [1.165, 1.54) is 5.01 Å². The quantitative estimate of drug-likeness (QED) is 0.364.